The van der Waals surface area contributed by atoms with Crippen molar-refractivity contribution < 1.29 is 9.53 Å². The summed E-state index contributed by atoms with van der Waals surface area (Å²) in [5, 5.41) is 0. The molecule has 2 aromatic carbocycles. The first-order chi connectivity index (χ1) is 13.6. The molecule has 1 fully saturated rings. The molecule has 2 aliphatic heterocycles. The number of fused-ring (bicyclic) bond motifs is 1. The van der Waals surface area contributed by atoms with Gasteiger partial charge in [0.2, 0.25) is 0 Å². The van der Waals surface area contributed by atoms with Crippen LogP contribution in [0.25, 0.3) is 0 Å². The van der Waals surface area contributed by atoms with Crippen molar-refractivity contribution in [2.24, 2.45) is 5.92 Å². The quantitative estimate of drug-likeness (QED) is 0.597. The summed E-state index contributed by atoms with van der Waals surface area (Å²) in [6.45, 7) is 4.92. The Morgan fingerprint density at radius 3 is 2.66 bits per heavy atom. The van der Waals surface area contributed by atoms with E-state index >= 15 is 0 Å². The van der Waals surface area contributed by atoms with E-state index in [-0.39, 0.29) is 18.3 Å². The highest BCUT2D eigenvalue weighted by molar-refractivity contribution is 9.10. The summed E-state index contributed by atoms with van der Waals surface area (Å²) in [5.41, 5.74) is 3.30. The molecule has 0 bridgehead atoms. The third-order valence-corrected chi connectivity index (χ3v) is 6.51. The number of methoxy groups -OCH3 is 1. The molecule has 0 unspecified atom stereocenters. The number of rotatable bonds is 6. The molecular weight excluding hydrogens is 452 g/mol. The molecule has 2 heterocycles. The molecule has 4 rings (SSSR count). The van der Waals surface area contributed by atoms with Crippen molar-refractivity contribution in [2.75, 3.05) is 33.3 Å². The minimum absolute atomic E-state index is 0. The van der Waals surface area contributed by atoms with Gasteiger partial charge in [0.25, 0.3) is 5.91 Å². The first kappa shape index (κ1) is 22.1. The number of hydrogen-bond donors (Lipinski definition) is 0. The number of halogens is 2. The van der Waals surface area contributed by atoms with Gasteiger partial charge in [-0.15, -0.1) is 12.4 Å². The normalized spacial score (nSPS) is 17.2. The molecule has 1 saturated heterocycles. The summed E-state index contributed by atoms with van der Waals surface area (Å²) in [6.07, 6.45) is 3.34. The molecular formula is C23H28BrClN2O2. The summed E-state index contributed by atoms with van der Waals surface area (Å²) in [7, 11) is 1.74. The second-order valence-corrected chi connectivity index (χ2v) is 8.75. The van der Waals surface area contributed by atoms with E-state index in [1.807, 2.05) is 29.2 Å². The number of nitrogens with zero attached hydrogens (tertiary/aromatic N) is 2. The lowest BCUT2D eigenvalue weighted by molar-refractivity contribution is 0.0714. The van der Waals surface area contributed by atoms with Gasteiger partial charge in [0, 0.05) is 29.7 Å². The van der Waals surface area contributed by atoms with Gasteiger partial charge >= 0.3 is 0 Å². The van der Waals surface area contributed by atoms with Crippen LogP contribution in [-0.4, -0.2) is 49.0 Å². The Labute approximate surface area is 187 Å². The van der Waals surface area contributed by atoms with Gasteiger partial charge in [-0.2, -0.15) is 0 Å². The Morgan fingerprint density at radius 2 is 1.90 bits per heavy atom. The summed E-state index contributed by atoms with van der Waals surface area (Å²) in [6, 6.07) is 14.3. The highest BCUT2D eigenvalue weighted by Crippen LogP contribution is 2.28. The highest BCUT2D eigenvalue weighted by atomic mass is 79.9. The minimum atomic E-state index is 0. The Kier molecular flexibility index (Phi) is 7.60. The van der Waals surface area contributed by atoms with Crippen molar-refractivity contribution in [1.29, 1.82) is 0 Å². The molecule has 4 nitrogen and oxygen atoms in total. The SMILES string of the molecule is COc1ccccc1CCN1CCC(CN2Cc3cc(Br)ccc3C2=O)CC1.Cl. The molecule has 0 radical (unpaired) electrons. The second-order valence-electron chi connectivity index (χ2n) is 7.83. The number of amides is 1. The van der Waals surface area contributed by atoms with E-state index in [0.29, 0.717) is 5.92 Å². The van der Waals surface area contributed by atoms with Crippen LogP contribution < -0.4 is 4.74 Å². The zero-order valence-electron chi connectivity index (χ0n) is 16.8. The van der Waals surface area contributed by atoms with Gasteiger partial charge in [-0.1, -0.05) is 34.1 Å². The summed E-state index contributed by atoms with van der Waals surface area (Å²) in [4.78, 5) is 17.2. The van der Waals surface area contributed by atoms with Crippen molar-refractivity contribution in [3.8, 4) is 5.75 Å². The maximum absolute atomic E-state index is 12.7. The van der Waals surface area contributed by atoms with Gasteiger partial charge in [0.1, 0.15) is 5.75 Å². The van der Waals surface area contributed by atoms with Crippen molar-refractivity contribution >= 4 is 34.2 Å². The third kappa shape index (κ3) is 5.14. The van der Waals surface area contributed by atoms with Gasteiger partial charge in [0.15, 0.2) is 0 Å². The maximum Gasteiger partial charge on any atom is 0.254 e. The minimum Gasteiger partial charge on any atom is -0.496 e. The van der Waals surface area contributed by atoms with Gasteiger partial charge in [-0.25, -0.2) is 0 Å². The predicted octanol–water partition coefficient (Wildman–Crippen LogP) is 4.79. The van der Waals surface area contributed by atoms with Crippen LogP contribution in [0.3, 0.4) is 0 Å². The summed E-state index contributed by atoms with van der Waals surface area (Å²) < 4.78 is 6.51. The number of benzene rings is 2. The van der Waals surface area contributed by atoms with Crippen molar-refractivity contribution in [3.63, 3.8) is 0 Å². The number of ether oxygens (including phenoxy) is 1. The first-order valence-corrected chi connectivity index (χ1v) is 10.9. The molecule has 29 heavy (non-hydrogen) atoms. The molecule has 6 heteroatoms. The third-order valence-electron chi connectivity index (χ3n) is 6.02. The lowest BCUT2D eigenvalue weighted by Crippen LogP contribution is -2.39. The molecule has 2 aromatic rings. The highest BCUT2D eigenvalue weighted by Gasteiger charge is 2.30. The molecule has 0 saturated carbocycles. The largest absolute Gasteiger partial charge is 0.496 e. The van der Waals surface area contributed by atoms with E-state index in [4.69, 9.17) is 4.74 Å². The molecule has 2 aliphatic rings. The van der Waals surface area contributed by atoms with Crippen molar-refractivity contribution in [1.82, 2.24) is 9.80 Å². The standard InChI is InChI=1S/C23H27BrN2O2.ClH/c1-28-22-5-3-2-4-18(22)10-13-25-11-8-17(9-12-25)15-26-16-19-14-20(24)6-7-21(19)23(26)27;/h2-7,14,17H,8-13,15-16H2,1H3;1H. The van der Waals surface area contributed by atoms with Crippen LogP contribution in [0.5, 0.6) is 5.75 Å². The fraction of sp³-hybridized carbons (Fsp3) is 0.435. The lowest BCUT2D eigenvalue weighted by Gasteiger charge is -2.34. The summed E-state index contributed by atoms with van der Waals surface area (Å²) >= 11 is 3.51. The smallest absolute Gasteiger partial charge is 0.254 e. The van der Waals surface area contributed by atoms with Crippen LogP contribution in [0.1, 0.15) is 34.3 Å². The van der Waals surface area contributed by atoms with Crippen LogP contribution in [0.4, 0.5) is 0 Å². The number of likely N-dealkylation sites (tertiary alicyclic amines) is 1. The van der Waals surface area contributed by atoms with Gasteiger partial charge in [0.05, 0.1) is 7.11 Å². The van der Waals surface area contributed by atoms with E-state index in [1.54, 1.807) is 7.11 Å². The van der Waals surface area contributed by atoms with Gasteiger partial charge < -0.3 is 14.5 Å². The number of hydrogen-bond acceptors (Lipinski definition) is 3. The molecule has 0 aliphatic carbocycles. The van der Waals surface area contributed by atoms with Gasteiger partial charge in [-0.05, 0) is 73.7 Å². The topological polar surface area (TPSA) is 32.8 Å². The van der Waals surface area contributed by atoms with Crippen LogP contribution in [-0.2, 0) is 13.0 Å². The molecule has 0 N–H and O–H groups in total. The van der Waals surface area contributed by atoms with E-state index in [2.05, 4.69) is 39.0 Å². The summed E-state index contributed by atoms with van der Waals surface area (Å²) in [5.74, 6) is 1.78. The van der Waals surface area contributed by atoms with Crippen LogP contribution in [0, 0.1) is 5.92 Å². The van der Waals surface area contributed by atoms with Gasteiger partial charge in [-0.3, -0.25) is 4.79 Å². The predicted molar refractivity (Wildman–Crippen MR) is 122 cm³/mol. The average Bonchev–Trinajstić information content (AvgIpc) is 3.02. The number of carbonyl (C=O) groups is 1. The molecule has 0 atom stereocenters. The number of para-hydroxylation sites is 1. The monoisotopic (exact) mass is 478 g/mol. The lowest BCUT2D eigenvalue weighted by atomic mass is 9.96. The Balaban J connectivity index is 0.00000240. The van der Waals surface area contributed by atoms with Crippen LogP contribution >= 0.6 is 28.3 Å². The molecule has 0 aromatic heterocycles. The van der Waals surface area contributed by atoms with E-state index < -0.39 is 0 Å². The Bertz CT molecular complexity index is 853. The van der Waals surface area contributed by atoms with Crippen LogP contribution in [0.2, 0.25) is 0 Å². The van der Waals surface area contributed by atoms with E-state index in [1.165, 1.54) is 5.56 Å². The van der Waals surface area contributed by atoms with Crippen LogP contribution in [0.15, 0.2) is 46.9 Å². The second kappa shape index (κ2) is 9.96. The molecule has 0 spiro atoms. The molecule has 1 amide bonds. The fourth-order valence-electron chi connectivity index (χ4n) is 4.39. The Morgan fingerprint density at radius 1 is 1.14 bits per heavy atom. The molecule has 156 valence electrons. The zero-order chi connectivity index (χ0) is 19.5. The van der Waals surface area contributed by atoms with E-state index in [0.717, 1.165) is 73.3 Å². The first-order valence-electron chi connectivity index (χ1n) is 10.1. The number of carbonyl (C=O) groups excluding carboxylic acids is 1. The fourth-order valence-corrected chi connectivity index (χ4v) is 4.80. The number of piperidine rings is 1. The maximum atomic E-state index is 12.7. The zero-order valence-corrected chi connectivity index (χ0v) is 19.2. The van der Waals surface area contributed by atoms with Crippen molar-refractivity contribution in [2.45, 2.75) is 25.8 Å². The Hall–Kier alpha value is -1.56. The van der Waals surface area contributed by atoms with Crippen molar-refractivity contribution in [3.05, 3.63) is 63.6 Å². The van der Waals surface area contributed by atoms with E-state index in [9.17, 15) is 4.79 Å². The average molecular weight is 480 g/mol.